The molecule has 0 aliphatic carbocycles. The zero-order valence-corrected chi connectivity index (χ0v) is 12.7. The molecule has 1 fully saturated rings. The molecule has 1 aromatic carbocycles. The lowest BCUT2D eigenvalue weighted by molar-refractivity contribution is 0.0597. The Morgan fingerprint density at radius 2 is 1.71 bits per heavy atom. The smallest absolute Gasteiger partial charge is 0.409 e. The lowest BCUT2D eigenvalue weighted by Gasteiger charge is -2.34. The normalized spacial score (nSPS) is 14.8. The zero-order valence-electron chi connectivity index (χ0n) is 12.0. The molecule has 1 heterocycles. The Balaban J connectivity index is 2.09. The van der Waals surface area contributed by atoms with Crippen LogP contribution in [0.3, 0.4) is 0 Å². The number of amides is 2. The van der Waals surface area contributed by atoms with Crippen LogP contribution >= 0.6 is 11.6 Å². The highest BCUT2D eigenvalue weighted by Crippen LogP contribution is 2.24. The highest BCUT2D eigenvalue weighted by molar-refractivity contribution is 6.31. The highest BCUT2D eigenvalue weighted by Gasteiger charge is 2.26. The van der Waals surface area contributed by atoms with E-state index >= 15 is 0 Å². The number of ether oxygens (including phenoxy) is 2. The van der Waals surface area contributed by atoms with E-state index in [1.807, 2.05) is 0 Å². The van der Waals surface area contributed by atoms with Crippen molar-refractivity contribution in [2.45, 2.75) is 0 Å². The number of piperazine rings is 1. The molecule has 21 heavy (non-hydrogen) atoms. The van der Waals surface area contributed by atoms with Crippen LogP contribution in [0.15, 0.2) is 18.2 Å². The van der Waals surface area contributed by atoms with Crippen LogP contribution in [0.2, 0.25) is 5.02 Å². The van der Waals surface area contributed by atoms with E-state index in [1.165, 1.54) is 14.2 Å². The van der Waals surface area contributed by atoms with Crippen LogP contribution in [-0.2, 0) is 4.74 Å². The van der Waals surface area contributed by atoms with Crippen molar-refractivity contribution in [2.24, 2.45) is 0 Å². The summed E-state index contributed by atoms with van der Waals surface area (Å²) < 4.78 is 9.87. The summed E-state index contributed by atoms with van der Waals surface area (Å²) in [4.78, 5) is 27.2. The molecule has 0 bridgehead atoms. The van der Waals surface area contributed by atoms with E-state index in [0.29, 0.717) is 42.5 Å². The highest BCUT2D eigenvalue weighted by atomic mass is 35.5. The number of carbonyl (C=O) groups excluding carboxylic acids is 2. The Hall–Kier alpha value is -1.95. The molecule has 114 valence electrons. The third-order valence-corrected chi connectivity index (χ3v) is 3.63. The first-order valence-electron chi connectivity index (χ1n) is 6.52. The van der Waals surface area contributed by atoms with E-state index in [-0.39, 0.29) is 12.0 Å². The molecule has 0 radical (unpaired) electrons. The average molecular weight is 313 g/mol. The van der Waals surface area contributed by atoms with Crippen molar-refractivity contribution in [1.29, 1.82) is 0 Å². The molecular formula is C14H17ClN2O4. The molecule has 2 amide bonds. The number of carbonyl (C=O) groups is 2. The maximum atomic E-state index is 12.5. The van der Waals surface area contributed by atoms with Crippen LogP contribution in [0.25, 0.3) is 0 Å². The second kappa shape index (κ2) is 6.67. The number of nitrogens with zero attached hydrogens (tertiary/aromatic N) is 2. The monoisotopic (exact) mass is 312 g/mol. The summed E-state index contributed by atoms with van der Waals surface area (Å²) in [6, 6.07) is 4.93. The van der Waals surface area contributed by atoms with Crippen molar-refractivity contribution in [3.05, 3.63) is 28.8 Å². The molecule has 1 aromatic rings. The predicted octanol–water partition coefficient (Wildman–Crippen LogP) is 1.87. The van der Waals surface area contributed by atoms with Gasteiger partial charge in [0.1, 0.15) is 5.75 Å². The standard InChI is InChI=1S/C14H17ClN2O4/c1-20-12-4-3-10(15)9-11(12)13(18)16-5-7-17(8-6-16)14(19)21-2/h3-4,9H,5-8H2,1-2H3. The summed E-state index contributed by atoms with van der Waals surface area (Å²) in [7, 11) is 2.85. The third-order valence-electron chi connectivity index (χ3n) is 3.39. The van der Waals surface area contributed by atoms with E-state index in [2.05, 4.69) is 4.74 Å². The second-order valence-corrected chi connectivity index (χ2v) is 5.03. The van der Waals surface area contributed by atoms with Gasteiger partial charge in [-0.15, -0.1) is 0 Å². The van der Waals surface area contributed by atoms with Crippen LogP contribution in [0.5, 0.6) is 5.75 Å². The molecule has 2 rings (SSSR count). The lowest BCUT2D eigenvalue weighted by Crippen LogP contribution is -2.50. The van der Waals surface area contributed by atoms with E-state index in [0.717, 1.165) is 0 Å². The zero-order chi connectivity index (χ0) is 15.4. The third kappa shape index (κ3) is 3.39. The van der Waals surface area contributed by atoms with Gasteiger partial charge >= 0.3 is 6.09 Å². The summed E-state index contributed by atoms with van der Waals surface area (Å²) in [5.74, 6) is 0.332. The molecule has 0 spiro atoms. The molecule has 0 atom stereocenters. The molecule has 7 heteroatoms. The van der Waals surface area contributed by atoms with Crippen LogP contribution < -0.4 is 4.74 Å². The Morgan fingerprint density at radius 1 is 1.10 bits per heavy atom. The number of hydrogen-bond donors (Lipinski definition) is 0. The fraction of sp³-hybridized carbons (Fsp3) is 0.429. The van der Waals surface area contributed by atoms with Gasteiger partial charge in [0.2, 0.25) is 0 Å². The molecule has 0 aromatic heterocycles. The Bertz CT molecular complexity index is 542. The van der Waals surface area contributed by atoms with Crippen molar-refractivity contribution >= 4 is 23.6 Å². The first kappa shape index (κ1) is 15.4. The summed E-state index contributed by atoms with van der Waals surface area (Å²) in [6.45, 7) is 1.79. The van der Waals surface area contributed by atoms with E-state index in [4.69, 9.17) is 16.3 Å². The van der Waals surface area contributed by atoms with Gasteiger partial charge in [-0.2, -0.15) is 0 Å². The minimum atomic E-state index is -0.373. The number of hydrogen-bond acceptors (Lipinski definition) is 4. The molecule has 1 aliphatic rings. The first-order chi connectivity index (χ1) is 10.1. The number of benzene rings is 1. The van der Waals surface area contributed by atoms with Gasteiger partial charge in [0, 0.05) is 31.2 Å². The van der Waals surface area contributed by atoms with Gasteiger partial charge < -0.3 is 19.3 Å². The second-order valence-electron chi connectivity index (χ2n) is 4.59. The fourth-order valence-corrected chi connectivity index (χ4v) is 2.41. The quantitative estimate of drug-likeness (QED) is 0.836. The largest absolute Gasteiger partial charge is 0.496 e. The molecule has 0 N–H and O–H groups in total. The van der Waals surface area contributed by atoms with Gasteiger partial charge in [0.25, 0.3) is 5.91 Å². The van der Waals surface area contributed by atoms with Gasteiger partial charge in [-0.3, -0.25) is 4.79 Å². The van der Waals surface area contributed by atoms with Crippen LogP contribution in [0.4, 0.5) is 4.79 Å². The van der Waals surface area contributed by atoms with E-state index < -0.39 is 0 Å². The molecular weight excluding hydrogens is 296 g/mol. The summed E-state index contributed by atoms with van der Waals surface area (Å²) in [5.41, 5.74) is 0.427. The SMILES string of the molecule is COC(=O)N1CCN(C(=O)c2cc(Cl)ccc2OC)CC1. The summed E-state index contributed by atoms with van der Waals surface area (Å²) >= 11 is 5.94. The average Bonchev–Trinajstić information content (AvgIpc) is 2.53. The summed E-state index contributed by atoms with van der Waals surface area (Å²) in [5, 5.41) is 0.479. The van der Waals surface area contributed by atoms with Gasteiger partial charge in [-0.25, -0.2) is 4.79 Å². The maximum absolute atomic E-state index is 12.5. The Labute approximate surface area is 128 Å². The van der Waals surface area contributed by atoms with Gasteiger partial charge in [0.05, 0.1) is 19.8 Å². The van der Waals surface area contributed by atoms with Gasteiger partial charge in [0.15, 0.2) is 0 Å². The van der Waals surface area contributed by atoms with Crippen molar-refractivity contribution in [3.8, 4) is 5.75 Å². The number of rotatable bonds is 2. The maximum Gasteiger partial charge on any atom is 0.409 e. The van der Waals surface area contributed by atoms with Crippen LogP contribution in [0, 0.1) is 0 Å². The predicted molar refractivity (Wildman–Crippen MR) is 77.9 cm³/mol. The fourth-order valence-electron chi connectivity index (χ4n) is 2.24. The van der Waals surface area contributed by atoms with E-state index in [9.17, 15) is 9.59 Å². The molecule has 0 unspecified atom stereocenters. The number of halogens is 1. The van der Waals surface area contributed by atoms with Crippen molar-refractivity contribution in [1.82, 2.24) is 9.80 Å². The molecule has 1 saturated heterocycles. The molecule has 0 saturated carbocycles. The number of methoxy groups -OCH3 is 2. The minimum Gasteiger partial charge on any atom is -0.496 e. The van der Waals surface area contributed by atoms with Crippen LogP contribution in [0.1, 0.15) is 10.4 Å². The van der Waals surface area contributed by atoms with Gasteiger partial charge in [-0.1, -0.05) is 11.6 Å². The molecule has 6 nitrogen and oxygen atoms in total. The van der Waals surface area contributed by atoms with E-state index in [1.54, 1.807) is 28.0 Å². The topological polar surface area (TPSA) is 59.1 Å². The Morgan fingerprint density at radius 3 is 2.29 bits per heavy atom. The first-order valence-corrected chi connectivity index (χ1v) is 6.90. The van der Waals surface area contributed by atoms with Crippen LogP contribution in [-0.4, -0.2) is 62.2 Å². The van der Waals surface area contributed by atoms with Crippen molar-refractivity contribution in [3.63, 3.8) is 0 Å². The van der Waals surface area contributed by atoms with Gasteiger partial charge in [-0.05, 0) is 18.2 Å². The summed E-state index contributed by atoms with van der Waals surface area (Å²) in [6.07, 6.45) is -0.373. The Kier molecular flexibility index (Phi) is 4.90. The lowest BCUT2D eigenvalue weighted by atomic mass is 10.1. The van der Waals surface area contributed by atoms with Crippen molar-refractivity contribution < 1.29 is 19.1 Å². The minimum absolute atomic E-state index is 0.154. The van der Waals surface area contributed by atoms with Crippen molar-refractivity contribution in [2.75, 3.05) is 40.4 Å². The molecule has 1 aliphatic heterocycles.